The fourth-order valence-electron chi connectivity index (χ4n) is 3.78. The molecule has 1 aromatic heterocycles. The molecule has 30 heavy (non-hydrogen) atoms. The van der Waals surface area contributed by atoms with Crippen LogP contribution in [0.1, 0.15) is 29.5 Å². The van der Waals surface area contributed by atoms with E-state index < -0.39 is 0 Å². The Morgan fingerprint density at radius 1 is 1.17 bits per heavy atom. The summed E-state index contributed by atoms with van der Waals surface area (Å²) >= 11 is 5.73. The summed E-state index contributed by atoms with van der Waals surface area (Å²) in [4.78, 5) is 17.8. The quantitative estimate of drug-likeness (QED) is 0.593. The van der Waals surface area contributed by atoms with Crippen molar-refractivity contribution in [3.63, 3.8) is 0 Å². The Bertz CT molecular complexity index is 1100. The number of rotatable bonds is 5. The number of ether oxygens (including phenoxy) is 1. The Morgan fingerprint density at radius 2 is 1.93 bits per heavy atom. The molecule has 1 fully saturated rings. The Hall–Kier alpha value is -2.70. The molecule has 2 N–H and O–H groups in total. The van der Waals surface area contributed by atoms with Gasteiger partial charge in [-0.05, 0) is 74.1 Å². The van der Waals surface area contributed by atoms with E-state index in [-0.39, 0.29) is 11.7 Å². The summed E-state index contributed by atoms with van der Waals surface area (Å²) in [6.07, 6.45) is 2.20. The number of nitrogens with one attached hydrogen (secondary N) is 2. The van der Waals surface area contributed by atoms with Crippen LogP contribution in [0.15, 0.2) is 53.3 Å². The van der Waals surface area contributed by atoms with Crippen LogP contribution in [0.25, 0.3) is 10.9 Å². The summed E-state index contributed by atoms with van der Waals surface area (Å²) in [5.41, 5.74) is 4.72. The minimum absolute atomic E-state index is 0.0800. The van der Waals surface area contributed by atoms with Gasteiger partial charge >= 0.3 is 0 Å². The molecule has 0 bridgehead atoms. The van der Waals surface area contributed by atoms with E-state index >= 15 is 0 Å². The zero-order valence-corrected chi connectivity index (χ0v) is 18.2. The number of H-pyrrole nitrogens is 1. The number of anilines is 1. The van der Waals surface area contributed by atoms with Gasteiger partial charge in [-0.3, -0.25) is 4.79 Å². The van der Waals surface area contributed by atoms with E-state index in [0.717, 1.165) is 41.6 Å². The molecule has 1 atom stereocenters. The third-order valence-corrected chi connectivity index (χ3v) is 5.84. The Morgan fingerprint density at radius 3 is 2.67 bits per heavy atom. The van der Waals surface area contributed by atoms with Crippen LogP contribution in [0.5, 0.6) is 0 Å². The van der Waals surface area contributed by atoms with E-state index in [1.165, 1.54) is 5.56 Å². The van der Waals surface area contributed by atoms with Gasteiger partial charge in [0, 0.05) is 29.9 Å². The highest BCUT2D eigenvalue weighted by atomic mass is 32.1. The topological polar surface area (TPSA) is 57.4 Å². The monoisotopic (exact) mass is 421 g/mol. The summed E-state index contributed by atoms with van der Waals surface area (Å²) in [5, 5.41) is 4.93. The lowest BCUT2D eigenvalue weighted by molar-refractivity contribution is 0.0904. The van der Waals surface area contributed by atoms with Crippen LogP contribution in [0.2, 0.25) is 0 Å². The molecule has 6 heteroatoms. The van der Waals surface area contributed by atoms with Crippen molar-refractivity contribution in [3.05, 3.63) is 75.6 Å². The van der Waals surface area contributed by atoms with Crippen molar-refractivity contribution in [2.45, 2.75) is 39.3 Å². The van der Waals surface area contributed by atoms with Crippen molar-refractivity contribution in [3.8, 4) is 0 Å². The third-order valence-electron chi connectivity index (χ3n) is 5.48. The average molecular weight is 422 g/mol. The number of aryl methyl sites for hydroxylation is 2. The standard InChI is InChI=1S/C24H27N3O2S/c1-16-6-9-20(10-7-16)25-24(30)27(15-21-4-3-11-29-21)14-19-13-18-8-5-17(2)12-22(18)26-23(19)28/h5-10,12-13,21H,3-4,11,14-15H2,1-2H3,(H,25,30)(H,26,28)/t21-/m1/s1. The molecule has 4 rings (SSSR count). The molecule has 1 aliphatic heterocycles. The molecular weight excluding hydrogens is 394 g/mol. The Balaban J connectivity index is 1.58. The van der Waals surface area contributed by atoms with E-state index in [0.29, 0.717) is 23.8 Å². The zero-order valence-electron chi connectivity index (χ0n) is 17.4. The van der Waals surface area contributed by atoms with Crippen LogP contribution in [0.3, 0.4) is 0 Å². The van der Waals surface area contributed by atoms with E-state index in [4.69, 9.17) is 17.0 Å². The molecule has 0 amide bonds. The SMILES string of the molecule is Cc1ccc(NC(=S)N(Cc2cc3ccc(C)cc3[nH]c2=O)C[C@H]2CCCO2)cc1. The number of aromatic amines is 1. The number of benzene rings is 2. The highest BCUT2D eigenvalue weighted by Gasteiger charge is 2.22. The lowest BCUT2D eigenvalue weighted by atomic mass is 10.1. The first-order chi connectivity index (χ1) is 14.5. The predicted molar refractivity (Wildman–Crippen MR) is 126 cm³/mol. The Labute approximate surface area is 182 Å². The van der Waals surface area contributed by atoms with Crippen molar-refractivity contribution in [1.29, 1.82) is 0 Å². The molecule has 1 aliphatic rings. The zero-order chi connectivity index (χ0) is 21.1. The number of fused-ring (bicyclic) bond motifs is 1. The molecule has 3 aromatic rings. The number of aromatic nitrogens is 1. The first-order valence-electron chi connectivity index (χ1n) is 10.3. The highest BCUT2D eigenvalue weighted by molar-refractivity contribution is 7.80. The van der Waals surface area contributed by atoms with E-state index in [2.05, 4.69) is 23.3 Å². The molecule has 2 heterocycles. The van der Waals surface area contributed by atoms with Crippen LogP contribution in [0, 0.1) is 13.8 Å². The van der Waals surface area contributed by atoms with Gasteiger partial charge in [-0.15, -0.1) is 0 Å². The fourth-order valence-corrected chi connectivity index (χ4v) is 4.03. The largest absolute Gasteiger partial charge is 0.376 e. The minimum atomic E-state index is -0.0800. The maximum atomic E-state index is 12.8. The van der Waals surface area contributed by atoms with Crippen LogP contribution in [0.4, 0.5) is 5.69 Å². The molecule has 0 aliphatic carbocycles. The number of thiocarbonyl (C=S) groups is 1. The maximum Gasteiger partial charge on any atom is 0.253 e. The van der Waals surface area contributed by atoms with Gasteiger partial charge in [0.15, 0.2) is 5.11 Å². The summed E-state index contributed by atoms with van der Waals surface area (Å²) in [6, 6.07) is 16.2. The van der Waals surface area contributed by atoms with Gasteiger partial charge < -0.3 is 19.9 Å². The van der Waals surface area contributed by atoms with Crippen molar-refractivity contribution in [2.75, 3.05) is 18.5 Å². The molecule has 2 aromatic carbocycles. The molecule has 1 saturated heterocycles. The van der Waals surface area contributed by atoms with Crippen molar-refractivity contribution in [2.24, 2.45) is 0 Å². The van der Waals surface area contributed by atoms with Crippen LogP contribution < -0.4 is 10.9 Å². The number of nitrogens with zero attached hydrogens (tertiary/aromatic N) is 1. The van der Waals surface area contributed by atoms with Crippen LogP contribution in [-0.4, -0.2) is 34.3 Å². The second kappa shape index (κ2) is 8.98. The third kappa shape index (κ3) is 4.89. The van der Waals surface area contributed by atoms with E-state index in [1.54, 1.807) is 0 Å². The summed E-state index contributed by atoms with van der Waals surface area (Å²) in [6.45, 7) is 5.94. The predicted octanol–water partition coefficient (Wildman–Crippen LogP) is 4.52. The molecule has 0 spiro atoms. The number of hydrogen-bond acceptors (Lipinski definition) is 3. The molecule has 156 valence electrons. The smallest absolute Gasteiger partial charge is 0.253 e. The van der Waals surface area contributed by atoms with Gasteiger partial charge in [-0.1, -0.05) is 29.8 Å². The van der Waals surface area contributed by atoms with Gasteiger partial charge in [0.1, 0.15) is 0 Å². The highest BCUT2D eigenvalue weighted by Crippen LogP contribution is 2.18. The van der Waals surface area contributed by atoms with Gasteiger partial charge in [0.2, 0.25) is 0 Å². The maximum absolute atomic E-state index is 12.8. The molecule has 5 nitrogen and oxygen atoms in total. The lowest BCUT2D eigenvalue weighted by Crippen LogP contribution is -2.40. The molecule has 0 unspecified atom stereocenters. The first kappa shape index (κ1) is 20.6. The normalized spacial score (nSPS) is 16.0. The second-order valence-corrected chi connectivity index (χ2v) is 8.41. The van der Waals surface area contributed by atoms with Crippen molar-refractivity contribution < 1.29 is 4.74 Å². The van der Waals surface area contributed by atoms with E-state index in [1.807, 2.05) is 54.3 Å². The van der Waals surface area contributed by atoms with Crippen LogP contribution in [-0.2, 0) is 11.3 Å². The summed E-state index contributed by atoms with van der Waals surface area (Å²) in [5.74, 6) is 0. The van der Waals surface area contributed by atoms with Gasteiger partial charge in [0.05, 0.1) is 12.6 Å². The van der Waals surface area contributed by atoms with Gasteiger partial charge in [0.25, 0.3) is 5.56 Å². The Kier molecular flexibility index (Phi) is 6.16. The molecule has 0 radical (unpaired) electrons. The second-order valence-electron chi connectivity index (χ2n) is 8.03. The van der Waals surface area contributed by atoms with Gasteiger partial charge in [-0.2, -0.15) is 0 Å². The van der Waals surface area contributed by atoms with Crippen LogP contribution >= 0.6 is 12.2 Å². The number of pyridine rings is 1. The van der Waals surface area contributed by atoms with Gasteiger partial charge in [-0.25, -0.2) is 0 Å². The lowest BCUT2D eigenvalue weighted by Gasteiger charge is -2.28. The molecular formula is C24H27N3O2S. The first-order valence-corrected chi connectivity index (χ1v) is 10.8. The molecule has 0 saturated carbocycles. The van der Waals surface area contributed by atoms with Crippen molar-refractivity contribution in [1.82, 2.24) is 9.88 Å². The average Bonchev–Trinajstić information content (AvgIpc) is 3.23. The van der Waals surface area contributed by atoms with Crippen molar-refractivity contribution >= 4 is 33.9 Å². The minimum Gasteiger partial charge on any atom is -0.376 e. The van der Waals surface area contributed by atoms with E-state index in [9.17, 15) is 4.79 Å². The summed E-state index contributed by atoms with van der Waals surface area (Å²) < 4.78 is 5.84. The fraction of sp³-hybridized carbons (Fsp3) is 0.333. The number of hydrogen-bond donors (Lipinski definition) is 2. The summed E-state index contributed by atoms with van der Waals surface area (Å²) in [7, 11) is 0.